The smallest absolute Gasteiger partial charge is 0.447 e. The van der Waals surface area contributed by atoms with Crippen LogP contribution in [-0.2, 0) is 29.8 Å². The lowest BCUT2D eigenvalue weighted by molar-refractivity contribution is -0.134. The number of nitrogens with one attached hydrogen (secondary N) is 1. The van der Waals surface area contributed by atoms with Crippen LogP contribution in [0.5, 0.6) is 0 Å². The Hall–Kier alpha value is -3.52. The Morgan fingerprint density at radius 1 is 1.05 bits per heavy atom. The van der Waals surface area contributed by atoms with Crippen LogP contribution >= 0.6 is 7.82 Å². The second-order valence-electron chi connectivity index (χ2n) is 8.99. The molecule has 0 aliphatic rings. The van der Waals surface area contributed by atoms with E-state index in [2.05, 4.69) is 14.8 Å². The quantitative estimate of drug-likeness (QED) is 0.203. The lowest BCUT2D eigenvalue weighted by Gasteiger charge is -2.28. The van der Waals surface area contributed by atoms with E-state index in [0.29, 0.717) is 0 Å². The number of nitrogens with zero attached hydrogens (tertiary/aromatic N) is 2. The van der Waals surface area contributed by atoms with Crippen LogP contribution in [0.25, 0.3) is 10.8 Å². The predicted octanol–water partition coefficient (Wildman–Crippen LogP) is 3.01. The summed E-state index contributed by atoms with van der Waals surface area (Å²) in [5, 5.41) is 14.1. The third-order valence-electron chi connectivity index (χ3n) is 5.90. The SMILES string of the molecule is CN(C(=O)CCc1cccc(F)c1F)[C@@H](COC[C@H](O)COP(=O)(O)O)COC(=O)Nc1cc2ccccc2cn1. The van der Waals surface area contributed by atoms with E-state index in [0.717, 1.165) is 16.8 Å². The average molecular weight is 598 g/mol. The van der Waals surface area contributed by atoms with Gasteiger partial charge in [0.05, 0.1) is 25.9 Å². The van der Waals surface area contributed by atoms with Crippen molar-refractivity contribution in [2.24, 2.45) is 0 Å². The zero-order chi connectivity index (χ0) is 30.0. The Kier molecular flexibility index (Phi) is 11.6. The number of phosphoric acid groups is 1. The van der Waals surface area contributed by atoms with E-state index in [9.17, 15) is 28.0 Å². The number of benzene rings is 2. The van der Waals surface area contributed by atoms with E-state index in [-0.39, 0.29) is 37.4 Å². The van der Waals surface area contributed by atoms with Gasteiger partial charge >= 0.3 is 13.9 Å². The Morgan fingerprint density at radius 2 is 1.78 bits per heavy atom. The summed E-state index contributed by atoms with van der Waals surface area (Å²) >= 11 is 0. The number of carbonyl (C=O) groups is 2. The molecule has 1 aromatic heterocycles. The normalized spacial score (nSPS) is 13.0. The number of aryl methyl sites for hydroxylation is 1. The van der Waals surface area contributed by atoms with Crippen LogP contribution in [0, 0.1) is 11.6 Å². The summed E-state index contributed by atoms with van der Waals surface area (Å²) in [4.78, 5) is 48.2. The average Bonchev–Trinajstić information content (AvgIpc) is 2.93. The van der Waals surface area contributed by atoms with E-state index in [1.54, 1.807) is 12.3 Å². The van der Waals surface area contributed by atoms with Gasteiger partial charge in [-0.05, 0) is 29.5 Å². The molecule has 2 aromatic carbocycles. The zero-order valence-corrected chi connectivity index (χ0v) is 22.9. The number of likely N-dealkylation sites (N-methyl/N-ethyl adjacent to an activating group) is 1. The number of anilines is 1. The molecule has 0 aliphatic carbocycles. The minimum Gasteiger partial charge on any atom is -0.447 e. The molecule has 0 fully saturated rings. The van der Waals surface area contributed by atoms with Gasteiger partial charge in [-0.25, -0.2) is 23.1 Å². The molecule has 2 amide bonds. The Labute approximate surface area is 234 Å². The van der Waals surface area contributed by atoms with Crippen molar-refractivity contribution in [2.45, 2.75) is 25.0 Å². The molecule has 3 aromatic rings. The van der Waals surface area contributed by atoms with Gasteiger partial charge in [0.15, 0.2) is 11.6 Å². The highest BCUT2D eigenvalue weighted by Gasteiger charge is 2.24. The van der Waals surface area contributed by atoms with Gasteiger partial charge in [-0.2, -0.15) is 0 Å². The number of hydrogen-bond acceptors (Lipinski definition) is 8. The highest BCUT2D eigenvalue weighted by atomic mass is 31.2. The Bertz CT molecular complexity index is 1390. The number of pyridine rings is 1. The highest BCUT2D eigenvalue weighted by molar-refractivity contribution is 7.46. The molecule has 0 bridgehead atoms. The highest BCUT2D eigenvalue weighted by Crippen LogP contribution is 2.35. The number of amides is 2. The number of aliphatic hydroxyl groups is 1. The number of aromatic nitrogens is 1. The molecule has 222 valence electrons. The van der Waals surface area contributed by atoms with Crippen molar-refractivity contribution in [3.8, 4) is 0 Å². The molecule has 0 aliphatic heterocycles. The molecular weight excluding hydrogens is 567 g/mol. The van der Waals surface area contributed by atoms with Gasteiger partial charge in [0.2, 0.25) is 5.91 Å². The number of carbonyl (C=O) groups excluding carboxylic acids is 2. The Balaban J connectivity index is 1.60. The van der Waals surface area contributed by atoms with Crippen LogP contribution in [0.3, 0.4) is 0 Å². The fraction of sp³-hybridized carbons (Fsp3) is 0.346. The summed E-state index contributed by atoms with van der Waals surface area (Å²) in [6.07, 6.45) is -0.969. The van der Waals surface area contributed by atoms with Crippen molar-refractivity contribution >= 4 is 36.4 Å². The summed E-state index contributed by atoms with van der Waals surface area (Å²) in [7, 11) is -3.39. The number of ether oxygens (including phenoxy) is 2. The summed E-state index contributed by atoms with van der Waals surface area (Å²) in [5.41, 5.74) is 0.0197. The van der Waals surface area contributed by atoms with Crippen molar-refractivity contribution < 1.29 is 51.8 Å². The van der Waals surface area contributed by atoms with Gasteiger partial charge in [-0.15, -0.1) is 0 Å². The van der Waals surface area contributed by atoms with Gasteiger partial charge in [0.25, 0.3) is 0 Å². The largest absolute Gasteiger partial charge is 0.469 e. The monoisotopic (exact) mass is 597 g/mol. The first-order valence-electron chi connectivity index (χ1n) is 12.4. The second-order valence-corrected chi connectivity index (χ2v) is 10.2. The van der Waals surface area contributed by atoms with Crippen LogP contribution < -0.4 is 5.32 Å². The van der Waals surface area contributed by atoms with Gasteiger partial charge in [0.1, 0.15) is 18.5 Å². The van der Waals surface area contributed by atoms with Crippen LogP contribution in [0.1, 0.15) is 12.0 Å². The predicted molar refractivity (Wildman–Crippen MR) is 143 cm³/mol. The van der Waals surface area contributed by atoms with Gasteiger partial charge < -0.3 is 29.3 Å². The molecule has 0 saturated heterocycles. The van der Waals surface area contributed by atoms with Gasteiger partial charge in [-0.3, -0.25) is 14.6 Å². The lowest BCUT2D eigenvalue weighted by Crippen LogP contribution is -2.44. The standard InChI is InChI=1S/C26H30F2N3O9P/c1-31(24(33)10-9-17-7-4-8-22(27)25(17)28)20(13-38-15-21(32)16-40-41(35,36)37)14-39-26(34)30-23-11-18-5-2-3-6-19(18)12-29-23/h2-8,11-12,20-21,32H,9-10,13-16H2,1H3,(H,29,30,34)(H2,35,36,37)/t20-,21-/m0/s1. The van der Waals surface area contributed by atoms with E-state index in [1.165, 1.54) is 24.1 Å². The topological polar surface area (TPSA) is 168 Å². The number of rotatable bonds is 14. The molecule has 0 saturated carbocycles. The van der Waals surface area contributed by atoms with Crippen molar-refractivity contribution in [3.63, 3.8) is 0 Å². The maximum absolute atomic E-state index is 14.0. The van der Waals surface area contributed by atoms with Crippen LogP contribution in [0.15, 0.2) is 54.7 Å². The number of aliphatic hydroxyl groups excluding tert-OH is 1. The summed E-state index contributed by atoms with van der Waals surface area (Å²) in [5.74, 6) is -2.34. The fourth-order valence-corrected chi connectivity index (χ4v) is 4.04. The molecule has 15 heteroatoms. The molecule has 41 heavy (non-hydrogen) atoms. The Morgan fingerprint density at radius 3 is 2.51 bits per heavy atom. The van der Waals surface area contributed by atoms with Crippen LogP contribution in [0.2, 0.25) is 0 Å². The third kappa shape index (κ3) is 10.4. The second kappa shape index (κ2) is 14.9. The molecule has 12 nitrogen and oxygen atoms in total. The first-order chi connectivity index (χ1) is 19.4. The molecule has 2 atom stereocenters. The molecule has 0 unspecified atom stereocenters. The minimum atomic E-state index is -4.79. The minimum absolute atomic E-state index is 0.0197. The van der Waals surface area contributed by atoms with Gasteiger partial charge in [0, 0.05) is 25.1 Å². The number of hydrogen-bond donors (Lipinski definition) is 4. The van der Waals surface area contributed by atoms with Crippen molar-refractivity contribution in [1.29, 1.82) is 0 Å². The van der Waals surface area contributed by atoms with E-state index >= 15 is 0 Å². The number of phosphoric ester groups is 1. The summed E-state index contributed by atoms with van der Waals surface area (Å²) in [6, 6.07) is 11.8. The van der Waals surface area contributed by atoms with E-state index in [1.807, 2.05) is 24.3 Å². The zero-order valence-electron chi connectivity index (χ0n) is 22.0. The maximum atomic E-state index is 14.0. The first-order valence-corrected chi connectivity index (χ1v) is 13.9. The van der Waals surface area contributed by atoms with Crippen molar-refractivity contribution in [1.82, 2.24) is 9.88 Å². The van der Waals surface area contributed by atoms with E-state index < -0.39 is 56.8 Å². The first kappa shape index (κ1) is 32.0. The number of fused-ring (bicyclic) bond motifs is 1. The fourth-order valence-electron chi connectivity index (χ4n) is 3.67. The maximum Gasteiger partial charge on any atom is 0.469 e. The molecule has 0 radical (unpaired) electrons. The summed E-state index contributed by atoms with van der Waals surface area (Å²) < 4.78 is 53.2. The molecule has 0 spiro atoms. The van der Waals surface area contributed by atoms with E-state index in [4.69, 9.17) is 19.3 Å². The summed E-state index contributed by atoms with van der Waals surface area (Å²) in [6.45, 7) is -1.74. The van der Waals surface area contributed by atoms with Crippen LogP contribution in [-0.4, -0.2) is 82.4 Å². The van der Waals surface area contributed by atoms with Crippen molar-refractivity contribution in [3.05, 3.63) is 71.9 Å². The van der Waals surface area contributed by atoms with Crippen molar-refractivity contribution in [2.75, 3.05) is 38.8 Å². The van der Waals surface area contributed by atoms with Crippen LogP contribution in [0.4, 0.5) is 19.4 Å². The third-order valence-corrected chi connectivity index (χ3v) is 6.39. The lowest BCUT2D eigenvalue weighted by atomic mass is 10.1. The molecule has 1 heterocycles. The molecule has 4 N–H and O–H groups in total. The molecule has 3 rings (SSSR count). The van der Waals surface area contributed by atoms with Gasteiger partial charge in [-0.1, -0.05) is 36.4 Å². The number of halogens is 2. The molecular formula is C26H30F2N3O9P.